The van der Waals surface area contributed by atoms with Crippen molar-refractivity contribution in [3.8, 4) is 0 Å². The highest BCUT2D eigenvalue weighted by molar-refractivity contribution is 14.1. The maximum absolute atomic E-state index is 13.1. The number of aromatic carboxylic acids is 1. The molecule has 3 nitrogen and oxygen atoms in total. The van der Waals surface area contributed by atoms with Gasteiger partial charge >= 0.3 is 5.97 Å². The van der Waals surface area contributed by atoms with Gasteiger partial charge in [0.2, 0.25) is 0 Å². The van der Waals surface area contributed by atoms with Crippen LogP contribution in [0.2, 0.25) is 0 Å². The Morgan fingerprint density at radius 1 is 1.57 bits per heavy atom. The van der Waals surface area contributed by atoms with E-state index < -0.39 is 29.3 Å². The number of hydrogen-bond acceptors (Lipinski definition) is 2. The van der Waals surface area contributed by atoms with Crippen LogP contribution in [0.4, 0.5) is 13.2 Å². The first-order valence-electron chi connectivity index (χ1n) is 3.30. The lowest BCUT2D eigenvalue weighted by Gasteiger charge is -2.06. The van der Waals surface area contributed by atoms with E-state index in [-0.39, 0.29) is 3.70 Å². The minimum absolute atomic E-state index is 0.275. The second-order valence-electron chi connectivity index (χ2n) is 2.30. The quantitative estimate of drug-likeness (QED) is 0.673. The van der Waals surface area contributed by atoms with Crippen LogP contribution in [-0.2, 0) is 0 Å². The summed E-state index contributed by atoms with van der Waals surface area (Å²) < 4.78 is 37.4. The Bertz CT molecular complexity index is 383. The first-order valence-corrected chi connectivity index (χ1v) is 4.38. The summed E-state index contributed by atoms with van der Waals surface area (Å²) in [6, 6.07) is 0. The van der Waals surface area contributed by atoms with E-state index in [1.165, 1.54) is 22.6 Å². The van der Waals surface area contributed by atoms with Crippen LogP contribution in [-0.4, -0.2) is 16.1 Å². The standard InChI is InChI=1S/C7H3F3INO2/c8-4-3(5(9)10)2(7(13)14)1-12-6(4)11/h1,5H,(H,13,14). The van der Waals surface area contributed by atoms with Crippen LogP contribution in [0.25, 0.3) is 0 Å². The van der Waals surface area contributed by atoms with Gasteiger partial charge in [-0.25, -0.2) is 22.9 Å². The van der Waals surface area contributed by atoms with Crippen molar-refractivity contribution < 1.29 is 23.1 Å². The zero-order valence-electron chi connectivity index (χ0n) is 6.47. The van der Waals surface area contributed by atoms with E-state index in [1.807, 2.05) is 0 Å². The molecule has 0 fully saturated rings. The highest BCUT2D eigenvalue weighted by Crippen LogP contribution is 2.27. The summed E-state index contributed by atoms with van der Waals surface area (Å²) in [6.45, 7) is 0. The van der Waals surface area contributed by atoms with Gasteiger partial charge in [0.1, 0.15) is 3.70 Å². The van der Waals surface area contributed by atoms with Crippen molar-refractivity contribution in [3.63, 3.8) is 0 Å². The third-order valence-corrected chi connectivity index (χ3v) is 2.22. The van der Waals surface area contributed by atoms with Crippen molar-refractivity contribution in [2.75, 3.05) is 0 Å². The van der Waals surface area contributed by atoms with Gasteiger partial charge in [-0.3, -0.25) is 0 Å². The molecular weight excluding hydrogens is 314 g/mol. The van der Waals surface area contributed by atoms with Crippen molar-refractivity contribution >= 4 is 28.6 Å². The van der Waals surface area contributed by atoms with Crippen LogP contribution in [0.1, 0.15) is 22.3 Å². The van der Waals surface area contributed by atoms with Gasteiger partial charge in [-0.2, -0.15) is 0 Å². The molecule has 0 saturated heterocycles. The monoisotopic (exact) mass is 317 g/mol. The fourth-order valence-electron chi connectivity index (χ4n) is 0.861. The molecule has 76 valence electrons. The van der Waals surface area contributed by atoms with Crippen molar-refractivity contribution in [2.45, 2.75) is 6.43 Å². The Balaban J connectivity index is 3.45. The number of carbonyl (C=O) groups is 1. The highest BCUT2D eigenvalue weighted by atomic mass is 127. The van der Waals surface area contributed by atoms with Gasteiger partial charge in [0, 0.05) is 6.20 Å². The molecule has 0 bridgehead atoms. The highest BCUT2D eigenvalue weighted by Gasteiger charge is 2.24. The molecule has 1 aromatic rings. The number of pyridine rings is 1. The molecule has 0 aliphatic heterocycles. The molecule has 0 aromatic carbocycles. The van der Waals surface area contributed by atoms with Crippen molar-refractivity contribution in [3.05, 3.63) is 26.8 Å². The third kappa shape index (κ3) is 1.97. The summed E-state index contributed by atoms with van der Waals surface area (Å²) in [5.41, 5.74) is -1.92. The first kappa shape index (κ1) is 11.2. The van der Waals surface area contributed by atoms with Gasteiger partial charge in [0.25, 0.3) is 6.43 Å². The fourth-order valence-corrected chi connectivity index (χ4v) is 1.29. The average Bonchev–Trinajstić information content (AvgIpc) is 2.08. The molecule has 0 amide bonds. The van der Waals surface area contributed by atoms with Crippen molar-refractivity contribution in [1.29, 1.82) is 0 Å². The maximum atomic E-state index is 13.1. The maximum Gasteiger partial charge on any atom is 0.337 e. The fraction of sp³-hybridized carbons (Fsp3) is 0.143. The Morgan fingerprint density at radius 2 is 2.14 bits per heavy atom. The number of aromatic nitrogens is 1. The van der Waals surface area contributed by atoms with Crippen LogP contribution >= 0.6 is 22.6 Å². The van der Waals surface area contributed by atoms with Crippen molar-refractivity contribution in [2.24, 2.45) is 0 Å². The van der Waals surface area contributed by atoms with E-state index in [0.29, 0.717) is 6.20 Å². The number of halogens is 4. The zero-order valence-corrected chi connectivity index (χ0v) is 8.63. The number of rotatable bonds is 2. The lowest BCUT2D eigenvalue weighted by molar-refractivity contribution is 0.0681. The topological polar surface area (TPSA) is 50.2 Å². The molecule has 0 saturated carbocycles. The third-order valence-electron chi connectivity index (χ3n) is 1.46. The molecule has 0 atom stereocenters. The molecule has 1 rings (SSSR count). The number of alkyl halides is 2. The molecular formula is C7H3F3INO2. The van der Waals surface area contributed by atoms with E-state index >= 15 is 0 Å². The molecule has 0 unspecified atom stereocenters. The van der Waals surface area contributed by atoms with Gasteiger partial charge in [-0.05, 0) is 22.6 Å². The molecule has 1 N–H and O–H groups in total. The Morgan fingerprint density at radius 3 is 2.57 bits per heavy atom. The van der Waals surface area contributed by atoms with E-state index in [2.05, 4.69) is 4.98 Å². The predicted octanol–water partition coefficient (Wildman–Crippen LogP) is 2.46. The van der Waals surface area contributed by atoms with Gasteiger partial charge < -0.3 is 5.11 Å². The minimum Gasteiger partial charge on any atom is -0.478 e. The summed E-state index contributed by atoms with van der Waals surface area (Å²) in [5, 5.41) is 8.49. The number of carboxylic acids is 1. The lowest BCUT2D eigenvalue weighted by Crippen LogP contribution is -2.08. The summed E-state index contributed by atoms with van der Waals surface area (Å²) >= 11 is 1.41. The van der Waals surface area contributed by atoms with Crippen LogP contribution in [0.15, 0.2) is 6.20 Å². The average molecular weight is 317 g/mol. The molecule has 7 heteroatoms. The van der Waals surface area contributed by atoms with Gasteiger partial charge in [0.15, 0.2) is 5.82 Å². The van der Waals surface area contributed by atoms with E-state index in [4.69, 9.17) is 5.11 Å². The molecule has 0 aliphatic carbocycles. The molecule has 1 heterocycles. The summed E-state index contributed by atoms with van der Waals surface area (Å²) in [6.07, 6.45) is -2.45. The predicted molar refractivity (Wildman–Crippen MR) is 48.8 cm³/mol. The van der Waals surface area contributed by atoms with E-state index in [9.17, 15) is 18.0 Å². The van der Waals surface area contributed by atoms with Gasteiger partial charge in [-0.1, -0.05) is 0 Å². The Hall–Kier alpha value is -0.860. The molecule has 0 spiro atoms. The van der Waals surface area contributed by atoms with Gasteiger partial charge in [-0.15, -0.1) is 0 Å². The summed E-state index contributed by atoms with van der Waals surface area (Å²) in [7, 11) is 0. The summed E-state index contributed by atoms with van der Waals surface area (Å²) in [4.78, 5) is 13.8. The Kier molecular flexibility index (Phi) is 3.29. The SMILES string of the molecule is O=C(O)c1cnc(I)c(F)c1C(F)F. The number of carboxylic acid groups (broad SMARTS) is 1. The molecule has 14 heavy (non-hydrogen) atoms. The molecule has 0 radical (unpaired) electrons. The first-order chi connectivity index (χ1) is 6.45. The second-order valence-corrected chi connectivity index (χ2v) is 3.32. The van der Waals surface area contributed by atoms with Gasteiger partial charge in [0.05, 0.1) is 11.1 Å². The number of hydrogen-bond donors (Lipinski definition) is 1. The second kappa shape index (κ2) is 4.11. The van der Waals surface area contributed by atoms with E-state index in [1.54, 1.807) is 0 Å². The van der Waals surface area contributed by atoms with Crippen molar-refractivity contribution in [1.82, 2.24) is 4.98 Å². The zero-order chi connectivity index (χ0) is 10.9. The Labute approximate surface area is 90.1 Å². The summed E-state index contributed by atoms with van der Waals surface area (Å²) in [5.74, 6) is -2.90. The van der Waals surface area contributed by atoms with Crippen LogP contribution in [0.3, 0.4) is 0 Å². The largest absolute Gasteiger partial charge is 0.478 e. The molecule has 0 aliphatic rings. The van der Waals surface area contributed by atoms with Crippen LogP contribution in [0, 0.1) is 9.52 Å². The smallest absolute Gasteiger partial charge is 0.337 e. The van der Waals surface area contributed by atoms with Crippen LogP contribution < -0.4 is 0 Å². The molecule has 1 aromatic heterocycles. The minimum atomic E-state index is -3.17. The lowest BCUT2D eigenvalue weighted by atomic mass is 10.1. The van der Waals surface area contributed by atoms with E-state index in [0.717, 1.165) is 0 Å². The van der Waals surface area contributed by atoms with Crippen LogP contribution in [0.5, 0.6) is 0 Å². The number of nitrogens with zero attached hydrogens (tertiary/aromatic N) is 1. The normalized spacial score (nSPS) is 10.6.